The fourth-order valence-corrected chi connectivity index (χ4v) is 11.6. The molecule has 0 saturated heterocycles. The summed E-state index contributed by atoms with van der Waals surface area (Å²) < 4.78 is 13.2. The molecule has 0 amide bonds. The number of nitrogens with zero attached hydrogens (tertiary/aromatic N) is 3. The van der Waals surface area contributed by atoms with Gasteiger partial charge in [-0.2, -0.15) is 0 Å². The van der Waals surface area contributed by atoms with Crippen LogP contribution in [0.1, 0.15) is 31.9 Å². The molecule has 4 heterocycles. The lowest BCUT2D eigenvalue weighted by molar-refractivity contribution is 0.590. The maximum Gasteiger partial charge on any atom is 0.252 e. The lowest BCUT2D eigenvalue weighted by atomic mass is 9.33. The van der Waals surface area contributed by atoms with Crippen LogP contribution in [-0.2, 0) is 5.41 Å². The lowest BCUT2D eigenvalue weighted by Crippen LogP contribution is -2.61. The van der Waals surface area contributed by atoms with Gasteiger partial charge in [0.15, 0.2) is 0 Å². The van der Waals surface area contributed by atoms with Gasteiger partial charge in [0, 0.05) is 73.0 Å². The lowest BCUT2D eigenvalue weighted by Gasteiger charge is -2.45. The molecule has 2 aliphatic heterocycles. The van der Waals surface area contributed by atoms with Crippen LogP contribution in [0.15, 0.2) is 251 Å². The van der Waals surface area contributed by atoms with Crippen molar-refractivity contribution < 1.29 is 8.83 Å². The molecule has 6 heteroatoms. The second-order valence-corrected chi connectivity index (χ2v) is 21.0. The number of hydrogen-bond acceptors (Lipinski definition) is 5. The molecule has 0 fully saturated rings. The van der Waals surface area contributed by atoms with Crippen LogP contribution in [0.4, 0.5) is 51.2 Å². The number of fused-ring (bicyclic) bond motifs is 6. The van der Waals surface area contributed by atoms with Crippen molar-refractivity contribution in [2.45, 2.75) is 33.1 Å². The predicted molar refractivity (Wildman–Crippen MR) is 314 cm³/mol. The number of benzene rings is 10. The van der Waals surface area contributed by atoms with E-state index in [1.54, 1.807) is 0 Å². The van der Waals surface area contributed by atoms with Crippen molar-refractivity contribution >= 4 is 96.2 Å². The number of hydrogen-bond donors (Lipinski definition) is 0. The molecule has 0 unspecified atom stereocenters. The normalized spacial score (nSPS) is 12.7. The van der Waals surface area contributed by atoms with Gasteiger partial charge in [-0.3, -0.25) is 0 Å². The number of aryl methyl sites for hydroxylation is 1. The van der Waals surface area contributed by atoms with Gasteiger partial charge in [0.25, 0.3) is 6.71 Å². The fraction of sp³-hybridized carbons (Fsp3) is 0.0725. The number of anilines is 9. The Bertz CT molecular complexity index is 4050. The van der Waals surface area contributed by atoms with Crippen molar-refractivity contribution in [3.05, 3.63) is 254 Å². The van der Waals surface area contributed by atoms with Gasteiger partial charge in [-0.05, 0) is 149 Å². The highest BCUT2D eigenvalue weighted by molar-refractivity contribution is 7.00. The van der Waals surface area contributed by atoms with Crippen LogP contribution in [0.25, 0.3) is 55.7 Å². The maximum absolute atomic E-state index is 6.63. The Morgan fingerprint density at radius 2 is 0.947 bits per heavy atom. The van der Waals surface area contributed by atoms with E-state index in [0.717, 1.165) is 101 Å². The zero-order valence-electron chi connectivity index (χ0n) is 42.3. The van der Waals surface area contributed by atoms with Crippen LogP contribution in [0.5, 0.6) is 0 Å². The van der Waals surface area contributed by atoms with E-state index in [-0.39, 0.29) is 12.1 Å². The largest absolute Gasteiger partial charge is 0.456 e. The maximum atomic E-state index is 6.63. The first-order chi connectivity index (χ1) is 36.7. The Hall–Kier alpha value is -9.26. The van der Waals surface area contributed by atoms with Gasteiger partial charge < -0.3 is 23.5 Å². The Morgan fingerprint density at radius 1 is 0.400 bits per heavy atom. The van der Waals surface area contributed by atoms with Gasteiger partial charge in [0.2, 0.25) is 0 Å². The molecule has 0 radical (unpaired) electrons. The highest BCUT2D eigenvalue weighted by Crippen LogP contribution is 2.50. The Balaban J connectivity index is 1.06. The Kier molecular flexibility index (Phi) is 10.3. The summed E-state index contributed by atoms with van der Waals surface area (Å²) in [4.78, 5) is 7.43. The fourth-order valence-electron chi connectivity index (χ4n) is 11.6. The van der Waals surface area contributed by atoms with Crippen molar-refractivity contribution in [2.75, 3.05) is 14.7 Å². The summed E-state index contributed by atoms with van der Waals surface area (Å²) in [5, 5.41) is 2.16. The molecule has 0 saturated carbocycles. The van der Waals surface area contributed by atoms with Gasteiger partial charge in [0.05, 0.1) is 5.69 Å². The van der Waals surface area contributed by atoms with Gasteiger partial charge in [0.1, 0.15) is 22.7 Å². The average Bonchev–Trinajstić information content (AvgIpc) is 4.09. The third-order valence-corrected chi connectivity index (χ3v) is 15.2. The zero-order valence-corrected chi connectivity index (χ0v) is 42.3. The predicted octanol–water partition coefficient (Wildman–Crippen LogP) is 17.3. The van der Waals surface area contributed by atoms with Gasteiger partial charge >= 0.3 is 0 Å². The van der Waals surface area contributed by atoms with Crippen LogP contribution in [0, 0.1) is 6.92 Å². The summed E-state index contributed by atoms with van der Waals surface area (Å²) in [6, 6.07) is 88.0. The topological polar surface area (TPSA) is 36.0 Å². The molecule has 5 nitrogen and oxygen atoms in total. The van der Waals surface area contributed by atoms with Crippen LogP contribution in [0.2, 0.25) is 0 Å². The molecular weight excluding hydrogens is 914 g/mol. The van der Waals surface area contributed by atoms with E-state index < -0.39 is 0 Å². The van der Waals surface area contributed by atoms with Crippen LogP contribution < -0.4 is 31.1 Å². The molecule has 10 aromatic carbocycles. The van der Waals surface area contributed by atoms with Gasteiger partial charge in [-0.15, -0.1) is 0 Å². The Morgan fingerprint density at radius 3 is 1.57 bits per heavy atom. The first-order valence-electron chi connectivity index (χ1n) is 25.9. The SMILES string of the molecule is Cc1cc2c3c(c1)N(c1ccc(C(C)(C)C)cc1-c1ccccc1)c1cc(N(c4ccccc4)c4ccccc4)ccc1B3c1ccc(-c3cc4ccccc4o3)cc1N2c1cccc(-c2cc3ccccc3o2)c1. The second-order valence-electron chi connectivity index (χ2n) is 21.0. The molecule has 0 N–H and O–H groups in total. The van der Waals surface area contributed by atoms with E-state index in [4.69, 9.17) is 8.83 Å². The summed E-state index contributed by atoms with van der Waals surface area (Å²) in [5.74, 6) is 1.66. The van der Waals surface area contributed by atoms with Crippen molar-refractivity contribution in [1.82, 2.24) is 0 Å². The minimum absolute atomic E-state index is 0.0726. The zero-order chi connectivity index (χ0) is 50.4. The molecule has 0 aliphatic carbocycles. The molecular formula is C69H52BN3O2. The molecule has 0 atom stereocenters. The summed E-state index contributed by atoms with van der Waals surface area (Å²) in [6.45, 7) is 9.03. The van der Waals surface area contributed by atoms with E-state index in [2.05, 4.69) is 261 Å². The highest BCUT2D eigenvalue weighted by atomic mass is 16.3. The average molecular weight is 966 g/mol. The van der Waals surface area contributed by atoms with E-state index in [1.807, 2.05) is 24.3 Å². The standard InChI is InChI=1S/C69H52BN3O2/c1-45-37-62-68-63(38-45)73(59-36-32-51(69(2,3)4)43-56(59)46-19-8-5-9-20-46)61-44-55(71(52-24-10-6-11-25-52)53-26-12-7-13-27-53)33-35-58(61)70(68)57-34-31-50(67-42-49-22-15-17-30-65(49)75-67)40-60(57)72(62)54-28-18-23-47(39-54)66-41-48-21-14-16-29-64(48)74-66/h5-44H,1-4H3. The van der Waals surface area contributed by atoms with E-state index in [0.29, 0.717) is 0 Å². The van der Waals surface area contributed by atoms with E-state index in [9.17, 15) is 0 Å². The first-order valence-corrected chi connectivity index (χ1v) is 25.9. The molecule has 0 spiro atoms. The molecule has 358 valence electrons. The first kappa shape index (κ1) is 44.4. The van der Waals surface area contributed by atoms with E-state index in [1.165, 1.54) is 33.1 Å². The smallest absolute Gasteiger partial charge is 0.252 e. The van der Waals surface area contributed by atoms with E-state index >= 15 is 0 Å². The van der Waals surface area contributed by atoms with Crippen LogP contribution >= 0.6 is 0 Å². The summed E-state index contributed by atoms with van der Waals surface area (Å²) in [6.07, 6.45) is 0. The highest BCUT2D eigenvalue weighted by Gasteiger charge is 2.44. The molecule has 0 bridgehead atoms. The number of furan rings is 2. The summed E-state index contributed by atoms with van der Waals surface area (Å²) in [5.41, 5.74) is 22.1. The summed E-state index contributed by atoms with van der Waals surface area (Å²) >= 11 is 0. The van der Waals surface area contributed by atoms with Crippen molar-refractivity contribution in [3.8, 4) is 33.8 Å². The number of rotatable bonds is 8. The van der Waals surface area contributed by atoms with Crippen LogP contribution in [-0.4, -0.2) is 6.71 Å². The molecule has 2 aromatic heterocycles. The molecule has 75 heavy (non-hydrogen) atoms. The monoisotopic (exact) mass is 965 g/mol. The van der Waals surface area contributed by atoms with Crippen LogP contribution in [0.3, 0.4) is 0 Å². The van der Waals surface area contributed by atoms with Crippen molar-refractivity contribution in [3.63, 3.8) is 0 Å². The third-order valence-electron chi connectivity index (χ3n) is 15.2. The quantitative estimate of drug-likeness (QED) is 0.142. The van der Waals surface area contributed by atoms with Crippen molar-refractivity contribution in [1.29, 1.82) is 0 Å². The number of para-hydroxylation sites is 4. The van der Waals surface area contributed by atoms with Crippen molar-refractivity contribution in [2.24, 2.45) is 0 Å². The Labute approximate surface area is 438 Å². The molecule has 14 rings (SSSR count). The van der Waals surface area contributed by atoms with Gasteiger partial charge in [-0.25, -0.2) is 0 Å². The third kappa shape index (κ3) is 7.55. The minimum Gasteiger partial charge on any atom is -0.456 e. The molecule has 12 aromatic rings. The van der Waals surface area contributed by atoms with Gasteiger partial charge in [-0.1, -0.05) is 160 Å². The summed E-state index contributed by atoms with van der Waals surface area (Å²) in [7, 11) is 0. The molecule has 2 aliphatic rings. The second kappa shape index (κ2) is 17.5. The minimum atomic E-state index is -0.124.